The Morgan fingerprint density at radius 3 is 0.845 bits per heavy atom. The number of esters is 3. The Balaban J connectivity index is 4.31. The van der Waals surface area contributed by atoms with Gasteiger partial charge in [-0.25, -0.2) is 0 Å². The maximum Gasteiger partial charge on any atom is 0.306 e. The first-order chi connectivity index (χ1) is 28.2. The van der Waals surface area contributed by atoms with E-state index in [1.165, 1.54) is 173 Å². The minimum Gasteiger partial charge on any atom is -0.462 e. The molecular formula is C52H100O6. The van der Waals surface area contributed by atoms with Gasteiger partial charge in [0.15, 0.2) is 6.10 Å². The molecule has 0 aromatic rings. The zero-order chi connectivity index (χ0) is 42.6. The minimum absolute atomic E-state index is 0.0637. The summed E-state index contributed by atoms with van der Waals surface area (Å²) in [5, 5.41) is 0. The van der Waals surface area contributed by atoms with Crippen molar-refractivity contribution in [1.29, 1.82) is 0 Å². The molecule has 0 fully saturated rings. The molecule has 0 aromatic heterocycles. The van der Waals surface area contributed by atoms with Gasteiger partial charge in [-0.2, -0.15) is 0 Å². The van der Waals surface area contributed by atoms with Crippen molar-refractivity contribution in [3.8, 4) is 0 Å². The molecule has 0 bridgehead atoms. The summed E-state index contributed by atoms with van der Waals surface area (Å²) in [7, 11) is 0. The molecule has 344 valence electrons. The molecule has 0 heterocycles. The number of hydrogen-bond donors (Lipinski definition) is 0. The monoisotopic (exact) mass is 821 g/mol. The summed E-state index contributed by atoms with van der Waals surface area (Å²) in [6.45, 7) is 11.4. The molecule has 0 aromatic carbocycles. The Labute approximate surface area is 361 Å². The number of carbonyl (C=O) groups excluding carboxylic acids is 3. The van der Waals surface area contributed by atoms with E-state index in [1.807, 2.05) is 0 Å². The molecule has 0 amide bonds. The van der Waals surface area contributed by atoms with Crippen LogP contribution in [-0.2, 0) is 28.6 Å². The van der Waals surface area contributed by atoms with Gasteiger partial charge in [-0.3, -0.25) is 14.4 Å². The molecule has 0 saturated carbocycles. The summed E-state index contributed by atoms with van der Waals surface area (Å²) in [5.74, 6) is 0.804. The van der Waals surface area contributed by atoms with Gasteiger partial charge in [0.2, 0.25) is 0 Å². The summed E-state index contributed by atoms with van der Waals surface area (Å²) >= 11 is 0. The van der Waals surface area contributed by atoms with Crippen molar-refractivity contribution in [2.24, 2.45) is 11.8 Å². The van der Waals surface area contributed by atoms with E-state index in [0.717, 1.165) is 69.6 Å². The van der Waals surface area contributed by atoms with Crippen molar-refractivity contribution in [2.45, 2.75) is 291 Å². The predicted octanol–water partition coefficient (Wildman–Crippen LogP) is 16.5. The first-order valence-corrected chi connectivity index (χ1v) is 25.7. The minimum atomic E-state index is -0.761. The van der Waals surface area contributed by atoms with Crippen LogP contribution in [0.5, 0.6) is 0 Å². The van der Waals surface area contributed by atoms with Crippen LogP contribution >= 0.6 is 0 Å². The Bertz CT molecular complexity index is 885. The Morgan fingerprint density at radius 1 is 0.328 bits per heavy atom. The number of carbonyl (C=O) groups is 3. The van der Waals surface area contributed by atoms with Gasteiger partial charge < -0.3 is 14.2 Å². The largest absolute Gasteiger partial charge is 0.462 e. The van der Waals surface area contributed by atoms with Gasteiger partial charge in [0.1, 0.15) is 13.2 Å². The number of ether oxygens (including phenoxy) is 3. The van der Waals surface area contributed by atoms with Crippen LogP contribution in [-0.4, -0.2) is 37.2 Å². The fourth-order valence-electron chi connectivity index (χ4n) is 7.81. The Kier molecular flexibility index (Phi) is 43.7. The van der Waals surface area contributed by atoms with E-state index in [-0.39, 0.29) is 31.1 Å². The quantitative estimate of drug-likeness (QED) is 0.0346. The van der Waals surface area contributed by atoms with Crippen LogP contribution in [0.15, 0.2) is 0 Å². The lowest BCUT2D eigenvalue weighted by atomic mass is 10.0. The lowest BCUT2D eigenvalue weighted by Gasteiger charge is -2.18. The van der Waals surface area contributed by atoms with Gasteiger partial charge in [-0.1, -0.05) is 247 Å². The van der Waals surface area contributed by atoms with Gasteiger partial charge in [0.05, 0.1) is 0 Å². The SMILES string of the molecule is CCCCCCCCCCCCCCC(=O)O[C@@H](COC(=O)CCCCCCCCCCCCCCC(C)C)COC(=O)CCCCCCCCCCCCC(C)C. The highest BCUT2D eigenvalue weighted by Crippen LogP contribution is 2.17. The molecular weight excluding hydrogens is 721 g/mol. The smallest absolute Gasteiger partial charge is 0.306 e. The van der Waals surface area contributed by atoms with Crippen LogP contribution in [0, 0.1) is 11.8 Å². The highest BCUT2D eigenvalue weighted by molar-refractivity contribution is 5.71. The van der Waals surface area contributed by atoms with Gasteiger partial charge >= 0.3 is 17.9 Å². The van der Waals surface area contributed by atoms with E-state index in [0.29, 0.717) is 19.3 Å². The molecule has 0 aliphatic heterocycles. The van der Waals surface area contributed by atoms with Gasteiger partial charge in [0, 0.05) is 19.3 Å². The third kappa shape index (κ3) is 45.5. The van der Waals surface area contributed by atoms with Crippen molar-refractivity contribution in [1.82, 2.24) is 0 Å². The normalized spacial score (nSPS) is 12.1. The fraction of sp³-hybridized carbons (Fsp3) is 0.942. The lowest BCUT2D eigenvalue weighted by Crippen LogP contribution is -2.30. The second-order valence-corrected chi connectivity index (χ2v) is 18.8. The second-order valence-electron chi connectivity index (χ2n) is 18.8. The fourth-order valence-corrected chi connectivity index (χ4v) is 7.81. The molecule has 0 N–H and O–H groups in total. The molecule has 58 heavy (non-hydrogen) atoms. The first-order valence-electron chi connectivity index (χ1n) is 25.7. The van der Waals surface area contributed by atoms with Crippen LogP contribution in [0.25, 0.3) is 0 Å². The van der Waals surface area contributed by atoms with E-state index < -0.39 is 6.10 Å². The molecule has 6 heteroatoms. The highest BCUT2D eigenvalue weighted by Gasteiger charge is 2.19. The van der Waals surface area contributed by atoms with Crippen molar-refractivity contribution >= 4 is 17.9 Å². The van der Waals surface area contributed by atoms with E-state index in [4.69, 9.17) is 14.2 Å². The molecule has 0 spiro atoms. The lowest BCUT2D eigenvalue weighted by molar-refractivity contribution is -0.167. The van der Waals surface area contributed by atoms with Crippen molar-refractivity contribution in [2.75, 3.05) is 13.2 Å². The Hall–Kier alpha value is -1.59. The predicted molar refractivity (Wildman–Crippen MR) is 247 cm³/mol. The maximum absolute atomic E-state index is 12.8. The average molecular weight is 821 g/mol. The molecule has 0 aliphatic rings. The van der Waals surface area contributed by atoms with Gasteiger partial charge in [-0.15, -0.1) is 0 Å². The summed E-state index contributed by atoms with van der Waals surface area (Å²) in [6.07, 6.45) is 45.1. The topological polar surface area (TPSA) is 78.9 Å². The third-order valence-electron chi connectivity index (χ3n) is 11.7. The first kappa shape index (κ1) is 56.4. The van der Waals surface area contributed by atoms with Crippen LogP contribution in [0.2, 0.25) is 0 Å². The van der Waals surface area contributed by atoms with Crippen LogP contribution in [0.3, 0.4) is 0 Å². The molecule has 0 saturated heterocycles. The van der Waals surface area contributed by atoms with Crippen molar-refractivity contribution in [3.05, 3.63) is 0 Å². The second kappa shape index (κ2) is 44.9. The molecule has 1 atom stereocenters. The molecule has 0 aliphatic carbocycles. The van der Waals surface area contributed by atoms with Crippen LogP contribution in [0.1, 0.15) is 285 Å². The van der Waals surface area contributed by atoms with E-state index >= 15 is 0 Å². The van der Waals surface area contributed by atoms with E-state index in [2.05, 4.69) is 34.6 Å². The van der Waals surface area contributed by atoms with Gasteiger partial charge in [0.25, 0.3) is 0 Å². The Morgan fingerprint density at radius 2 is 0.569 bits per heavy atom. The van der Waals surface area contributed by atoms with Crippen molar-refractivity contribution < 1.29 is 28.6 Å². The summed E-state index contributed by atoms with van der Waals surface area (Å²) in [6, 6.07) is 0. The number of rotatable bonds is 46. The van der Waals surface area contributed by atoms with E-state index in [1.54, 1.807) is 0 Å². The summed E-state index contributed by atoms with van der Waals surface area (Å²) < 4.78 is 16.8. The van der Waals surface area contributed by atoms with Crippen LogP contribution < -0.4 is 0 Å². The zero-order valence-corrected chi connectivity index (χ0v) is 39.7. The number of unbranched alkanes of at least 4 members (excludes halogenated alkanes) is 31. The third-order valence-corrected chi connectivity index (χ3v) is 11.7. The molecule has 0 rings (SSSR count). The average Bonchev–Trinajstić information content (AvgIpc) is 3.19. The number of hydrogen-bond acceptors (Lipinski definition) is 6. The van der Waals surface area contributed by atoms with Gasteiger partial charge in [-0.05, 0) is 31.1 Å². The van der Waals surface area contributed by atoms with Crippen molar-refractivity contribution in [3.63, 3.8) is 0 Å². The molecule has 0 unspecified atom stereocenters. The van der Waals surface area contributed by atoms with Crippen LogP contribution in [0.4, 0.5) is 0 Å². The molecule has 6 nitrogen and oxygen atoms in total. The zero-order valence-electron chi connectivity index (χ0n) is 39.7. The maximum atomic E-state index is 12.8. The summed E-state index contributed by atoms with van der Waals surface area (Å²) in [5.41, 5.74) is 0. The summed E-state index contributed by atoms with van der Waals surface area (Å²) in [4.78, 5) is 37.9. The standard InChI is InChI=1S/C52H100O6/c1-6-7-8-9-10-11-12-16-24-29-34-39-44-52(55)58-49(46-57-51(54)43-38-33-28-23-19-18-21-26-31-36-41-48(4)5)45-56-50(53)42-37-32-27-22-17-14-13-15-20-25-30-35-40-47(2)3/h47-49H,6-46H2,1-5H3/t49-/m0/s1. The highest BCUT2D eigenvalue weighted by atomic mass is 16.6. The van der Waals surface area contributed by atoms with E-state index in [9.17, 15) is 14.4 Å². The molecule has 0 radical (unpaired) electrons.